The first-order valence-corrected chi connectivity index (χ1v) is 29.3. The van der Waals surface area contributed by atoms with Crippen LogP contribution in [0.5, 0.6) is 0 Å². The van der Waals surface area contributed by atoms with E-state index in [1.54, 1.807) is 0 Å². The van der Waals surface area contributed by atoms with Crippen LogP contribution in [0.2, 0.25) is 0 Å². The zero-order chi connectivity index (χ0) is 48.5. The average Bonchev–Trinajstić information content (AvgIpc) is 4.08. The van der Waals surface area contributed by atoms with Crippen LogP contribution in [0.25, 0.3) is 0 Å². The van der Waals surface area contributed by atoms with Crippen LogP contribution < -0.4 is 0 Å². The van der Waals surface area contributed by atoms with Crippen LogP contribution in [0.1, 0.15) is 252 Å². The maximum atomic E-state index is 12.9. The second-order valence-electron chi connectivity index (χ2n) is 21.9. The molecule has 0 aromatic heterocycles. The Labute approximate surface area is 418 Å². The Morgan fingerprint density at radius 2 is 0.565 bits per heavy atom. The fourth-order valence-corrected chi connectivity index (χ4v) is 10.6. The Morgan fingerprint density at radius 1 is 0.319 bits per heavy atom. The summed E-state index contributed by atoms with van der Waals surface area (Å²) in [5, 5.41) is 0. The van der Waals surface area contributed by atoms with Gasteiger partial charge in [0.15, 0.2) is 6.10 Å². The van der Waals surface area contributed by atoms with E-state index in [9.17, 15) is 14.4 Å². The zero-order valence-electron chi connectivity index (χ0n) is 43.8. The summed E-state index contributed by atoms with van der Waals surface area (Å²) >= 11 is 0. The Morgan fingerprint density at radius 3 is 0.855 bits per heavy atom. The van der Waals surface area contributed by atoms with Crippen LogP contribution in [0.3, 0.4) is 0 Å². The summed E-state index contributed by atoms with van der Waals surface area (Å²) in [5.74, 6) is -0.966. The number of carbonyl (C=O) groups is 3. The molecule has 0 amide bonds. The molecule has 6 fully saturated rings. The first-order valence-electron chi connectivity index (χ1n) is 29.3. The minimum Gasteiger partial charge on any atom is -0.462 e. The van der Waals surface area contributed by atoms with Gasteiger partial charge in [0.25, 0.3) is 0 Å². The number of ether oxygens (including phenoxy) is 9. The van der Waals surface area contributed by atoms with Crippen molar-refractivity contribution in [1.29, 1.82) is 0 Å². The summed E-state index contributed by atoms with van der Waals surface area (Å²) < 4.78 is 52.2. The van der Waals surface area contributed by atoms with Gasteiger partial charge in [-0.25, -0.2) is 0 Å². The molecule has 0 aromatic rings. The third kappa shape index (κ3) is 24.6. The summed E-state index contributed by atoms with van der Waals surface area (Å²) in [6.45, 7) is 6.49. The fourth-order valence-electron chi connectivity index (χ4n) is 10.6. The van der Waals surface area contributed by atoms with Crippen molar-refractivity contribution in [2.45, 2.75) is 331 Å². The van der Waals surface area contributed by atoms with Gasteiger partial charge in [-0.2, -0.15) is 0 Å². The predicted octanol–water partition coefficient (Wildman–Crippen LogP) is 12.7. The Hall–Kier alpha value is -1.83. The number of hydrogen-bond donors (Lipinski definition) is 0. The minimum atomic E-state index is -0.816. The molecule has 13 atom stereocenters. The summed E-state index contributed by atoms with van der Waals surface area (Å²) in [7, 11) is 0. The highest BCUT2D eigenvalue weighted by atomic mass is 16.6. The van der Waals surface area contributed by atoms with Gasteiger partial charge < -0.3 is 42.6 Å². The smallest absolute Gasteiger partial charge is 0.306 e. The standard InChI is InChI=1S/C57H98O12/c1-4-7-19-28-43-49(64-43)37-52-46(67-52)31-22-13-10-16-25-34-55(58)61-40-42(63-57(60)36-27-18-12-15-24-33-48-54(69-48)39-51-45(66-51)30-21-9-6-3)41-62-56(59)35-26-17-11-14-23-32-47-53(68-47)38-50-44(65-50)29-20-8-5-2/h42-54H,4-41H2,1-3H3/t42?,43-,44+,45-,46+,47-,48-,49+,50-,51-,52-,53+,54+/m0/s1. The molecule has 12 nitrogen and oxygen atoms in total. The van der Waals surface area contributed by atoms with Crippen LogP contribution in [-0.2, 0) is 57.0 Å². The van der Waals surface area contributed by atoms with Crippen LogP contribution in [0, 0.1) is 0 Å². The molecule has 0 spiro atoms. The van der Waals surface area contributed by atoms with Crippen molar-refractivity contribution in [1.82, 2.24) is 0 Å². The molecule has 1 unspecified atom stereocenters. The van der Waals surface area contributed by atoms with Gasteiger partial charge in [0.05, 0.1) is 73.2 Å². The van der Waals surface area contributed by atoms with Crippen molar-refractivity contribution >= 4 is 17.9 Å². The van der Waals surface area contributed by atoms with Crippen molar-refractivity contribution in [2.24, 2.45) is 0 Å². The second-order valence-corrected chi connectivity index (χ2v) is 21.9. The van der Waals surface area contributed by atoms with E-state index in [-0.39, 0.29) is 37.5 Å². The molecule has 6 saturated heterocycles. The number of carbonyl (C=O) groups excluding carboxylic acids is 3. The number of esters is 3. The third-order valence-corrected chi connectivity index (χ3v) is 15.6. The molecule has 0 aromatic carbocycles. The molecule has 0 N–H and O–H groups in total. The molecule has 0 aliphatic carbocycles. The molecule has 0 bridgehead atoms. The monoisotopic (exact) mass is 975 g/mol. The van der Waals surface area contributed by atoms with E-state index in [0.29, 0.717) is 86.1 Å². The number of hydrogen-bond acceptors (Lipinski definition) is 12. The summed E-state index contributed by atoms with van der Waals surface area (Å²) in [6, 6.07) is 0. The highest BCUT2D eigenvalue weighted by molar-refractivity contribution is 5.71. The lowest BCUT2D eigenvalue weighted by Crippen LogP contribution is -2.30. The van der Waals surface area contributed by atoms with Gasteiger partial charge in [0, 0.05) is 38.5 Å². The van der Waals surface area contributed by atoms with Gasteiger partial charge in [-0.3, -0.25) is 14.4 Å². The zero-order valence-corrected chi connectivity index (χ0v) is 43.8. The highest BCUT2D eigenvalue weighted by Gasteiger charge is 2.49. The summed E-state index contributed by atoms with van der Waals surface area (Å²) in [4.78, 5) is 38.4. The first kappa shape index (κ1) is 56.5. The maximum Gasteiger partial charge on any atom is 0.306 e. The van der Waals surface area contributed by atoms with E-state index in [4.69, 9.17) is 42.6 Å². The molecule has 398 valence electrons. The topological polar surface area (TPSA) is 154 Å². The van der Waals surface area contributed by atoms with Gasteiger partial charge in [0.1, 0.15) is 13.2 Å². The normalized spacial score (nSPS) is 29.6. The van der Waals surface area contributed by atoms with Crippen LogP contribution in [0.15, 0.2) is 0 Å². The molecule has 0 saturated carbocycles. The van der Waals surface area contributed by atoms with Gasteiger partial charge in [-0.1, -0.05) is 156 Å². The molecular weight excluding hydrogens is 877 g/mol. The molecule has 6 rings (SSSR count). The molecular formula is C57H98O12. The first-order chi connectivity index (χ1) is 33.8. The van der Waals surface area contributed by atoms with Gasteiger partial charge in [-0.15, -0.1) is 0 Å². The van der Waals surface area contributed by atoms with Crippen LogP contribution in [0.4, 0.5) is 0 Å². The van der Waals surface area contributed by atoms with Crippen molar-refractivity contribution in [3.05, 3.63) is 0 Å². The quantitative estimate of drug-likeness (QED) is 0.0247. The SMILES string of the molecule is CCCCC[C@@H]1O[C@H]1C[C@H]1O[C@H]1CCCCCCCC(=O)OC(COC(=O)CCCCCCC[C@@H]1O[C@@H]1C[C@@H]1O[C@@H]1CCCCC)COC(=O)CCCCCCC[C@H]1O[C@H]1C[C@H]1O[C@H]1CCCCC. The molecule has 69 heavy (non-hydrogen) atoms. The van der Waals surface area contributed by atoms with Crippen LogP contribution in [-0.4, -0.2) is 110 Å². The summed E-state index contributed by atoms with van der Waals surface area (Å²) in [6.07, 6.45) is 41.7. The Bertz CT molecular complexity index is 1360. The maximum absolute atomic E-state index is 12.9. The van der Waals surface area contributed by atoms with E-state index in [1.165, 1.54) is 77.0 Å². The van der Waals surface area contributed by atoms with Crippen molar-refractivity contribution in [2.75, 3.05) is 13.2 Å². The van der Waals surface area contributed by atoms with E-state index in [2.05, 4.69) is 20.8 Å². The largest absolute Gasteiger partial charge is 0.462 e. The fraction of sp³-hybridized carbons (Fsp3) is 0.947. The number of epoxide rings is 6. The molecule has 0 radical (unpaired) electrons. The molecule has 6 heterocycles. The van der Waals surface area contributed by atoms with Gasteiger partial charge in [0.2, 0.25) is 0 Å². The van der Waals surface area contributed by atoms with Crippen molar-refractivity contribution in [3.8, 4) is 0 Å². The average molecular weight is 975 g/mol. The van der Waals surface area contributed by atoms with E-state index in [1.807, 2.05) is 0 Å². The lowest BCUT2D eigenvalue weighted by Gasteiger charge is -2.18. The number of rotatable bonds is 47. The molecule has 6 aliphatic heterocycles. The summed E-state index contributed by atoms with van der Waals surface area (Å²) in [5.41, 5.74) is 0. The van der Waals surface area contributed by atoms with E-state index in [0.717, 1.165) is 135 Å². The highest BCUT2D eigenvalue weighted by Crippen LogP contribution is 2.41. The van der Waals surface area contributed by atoms with E-state index < -0.39 is 6.10 Å². The molecule has 6 aliphatic rings. The second kappa shape index (κ2) is 32.4. The Balaban J connectivity index is 0.766. The van der Waals surface area contributed by atoms with E-state index >= 15 is 0 Å². The van der Waals surface area contributed by atoms with Crippen LogP contribution >= 0.6 is 0 Å². The Kier molecular flexibility index (Phi) is 26.5. The van der Waals surface area contributed by atoms with Gasteiger partial charge in [-0.05, 0) is 57.8 Å². The van der Waals surface area contributed by atoms with Gasteiger partial charge >= 0.3 is 17.9 Å². The van der Waals surface area contributed by atoms with Crippen molar-refractivity contribution < 1.29 is 57.0 Å². The third-order valence-electron chi connectivity index (χ3n) is 15.6. The predicted molar refractivity (Wildman–Crippen MR) is 267 cm³/mol. The number of unbranched alkanes of at least 4 members (excludes halogenated alkanes) is 18. The van der Waals surface area contributed by atoms with Crippen molar-refractivity contribution in [3.63, 3.8) is 0 Å². The lowest BCUT2D eigenvalue weighted by molar-refractivity contribution is -0.167. The lowest BCUT2D eigenvalue weighted by atomic mass is 10.0. The molecule has 12 heteroatoms. The minimum absolute atomic E-state index is 0.110.